The molecule has 0 saturated carbocycles. The molecule has 7 nitrogen and oxygen atoms in total. The summed E-state index contributed by atoms with van der Waals surface area (Å²) in [7, 11) is -2.25. The number of halogens is 1. The molecular formula is C22H21ClN2O5S. The lowest BCUT2D eigenvalue weighted by Gasteiger charge is -2.15. The fraction of sp³-hybridized carbons (Fsp3) is 0.136. The van der Waals surface area contributed by atoms with Crippen LogP contribution >= 0.6 is 11.6 Å². The van der Waals surface area contributed by atoms with Gasteiger partial charge in [0.15, 0.2) is 6.10 Å². The molecule has 0 saturated heterocycles. The van der Waals surface area contributed by atoms with Crippen molar-refractivity contribution in [3.63, 3.8) is 0 Å². The van der Waals surface area contributed by atoms with Gasteiger partial charge in [0, 0.05) is 16.4 Å². The van der Waals surface area contributed by atoms with Crippen molar-refractivity contribution in [2.24, 2.45) is 0 Å². The van der Waals surface area contributed by atoms with Gasteiger partial charge in [-0.05, 0) is 73.7 Å². The van der Waals surface area contributed by atoms with Crippen LogP contribution in [-0.2, 0) is 14.8 Å². The van der Waals surface area contributed by atoms with E-state index in [-0.39, 0.29) is 10.8 Å². The van der Waals surface area contributed by atoms with Crippen molar-refractivity contribution in [3.8, 4) is 11.5 Å². The van der Waals surface area contributed by atoms with Gasteiger partial charge >= 0.3 is 0 Å². The highest BCUT2D eigenvalue weighted by Gasteiger charge is 2.17. The van der Waals surface area contributed by atoms with Crippen molar-refractivity contribution in [2.45, 2.75) is 17.9 Å². The third-order valence-corrected chi connectivity index (χ3v) is 5.88. The van der Waals surface area contributed by atoms with Crippen molar-refractivity contribution in [1.29, 1.82) is 0 Å². The molecule has 3 rings (SSSR count). The summed E-state index contributed by atoms with van der Waals surface area (Å²) in [5, 5.41) is 3.20. The van der Waals surface area contributed by atoms with Gasteiger partial charge in [-0.2, -0.15) is 0 Å². The Labute approximate surface area is 186 Å². The molecule has 0 fully saturated rings. The van der Waals surface area contributed by atoms with Crippen LogP contribution in [-0.4, -0.2) is 27.5 Å². The topological polar surface area (TPSA) is 93.7 Å². The molecule has 0 radical (unpaired) electrons. The second-order valence-electron chi connectivity index (χ2n) is 6.57. The van der Waals surface area contributed by atoms with Crippen molar-refractivity contribution >= 4 is 38.9 Å². The van der Waals surface area contributed by atoms with Gasteiger partial charge in [-0.1, -0.05) is 17.7 Å². The lowest BCUT2D eigenvalue weighted by atomic mass is 10.3. The van der Waals surface area contributed by atoms with Crippen LogP contribution in [0.4, 0.5) is 11.4 Å². The van der Waals surface area contributed by atoms with Crippen LogP contribution in [0.15, 0.2) is 77.7 Å². The smallest absolute Gasteiger partial charge is 0.265 e. The Morgan fingerprint density at radius 2 is 1.58 bits per heavy atom. The maximum Gasteiger partial charge on any atom is 0.265 e. The summed E-state index contributed by atoms with van der Waals surface area (Å²) in [5.41, 5.74) is 0.847. The van der Waals surface area contributed by atoms with Crippen LogP contribution < -0.4 is 19.5 Å². The van der Waals surface area contributed by atoms with Crippen LogP contribution in [0.2, 0.25) is 5.02 Å². The number of carbonyl (C=O) groups excluding carboxylic acids is 1. The quantitative estimate of drug-likeness (QED) is 0.514. The fourth-order valence-electron chi connectivity index (χ4n) is 2.63. The highest BCUT2D eigenvalue weighted by molar-refractivity contribution is 7.92. The van der Waals surface area contributed by atoms with E-state index in [2.05, 4.69) is 10.0 Å². The normalized spacial score (nSPS) is 12.0. The number of amides is 1. The molecule has 1 atom stereocenters. The molecule has 0 unspecified atom stereocenters. The van der Waals surface area contributed by atoms with Crippen LogP contribution in [0.5, 0.6) is 11.5 Å². The number of ether oxygens (including phenoxy) is 2. The highest BCUT2D eigenvalue weighted by Crippen LogP contribution is 2.21. The highest BCUT2D eigenvalue weighted by atomic mass is 35.5. The number of methoxy groups -OCH3 is 1. The molecule has 0 aliphatic carbocycles. The molecule has 0 bridgehead atoms. The number of nitrogens with one attached hydrogen (secondary N) is 2. The Balaban J connectivity index is 1.62. The Morgan fingerprint density at radius 3 is 2.19 bits per heavy atom. The average molecular weight is 461 g/mol. The number of benzene rings is 3. The number of rotatable bonds is 8. The molecule has 9 heteroatoms. The monoisotopic (exact) mass is 460 g/mol. The molecule has 1 amide bonds. The van der Waals surface area contributed by atoms with Crippen molar-refractivity contribution < 1.29 is 22.7 Å². The van der Waals surface area contributed by atoms with Crippen molar-refractivity contribution in [3.05, 3.63) is 77.8 Å². The van der Waals surface area contributed by atoms with Gasteiger partial charge in [-0.3, -0.25) is 9.52 Å². The number of hydrogen-bond acceptors (Lipinski definition) is 5. The number of sulfonamides is 1. The van der Waals surface area contributed by atoms with Crippen LogP contribution in [0.1, 0.15) is 6.92 Å². The Morgan fingerprint density at radius 1 is 0.935 bits per heavy atom. The predicted octanol–water partition coefficient (Wildman–Crippen LogP) is 4.56. The van der Waals surface area contributed by atoms with E-state index >= 15 is 0 Å². The van der Waals surface area contributed by atoms with Gasteiger partial charge < -0.3 is 14.8 Å². The zero-order chi connectivity index (χ0) is 22.4. The molecule has 3 aromatic carbocycles. The summed E-state index contributed by atoms with van der Waals surface area (Å²) >= 11 is 5.91. The minimum Gasteiger partial charge on any atom is -0.497 e. The van der Waals surface area contributed by atoms with Crippen molar-refractivity contribution in [1.82, 2.24) is 0 Å². The van der Waals surface area contributed by atoms with E-state index in [4.69, 9.17) is 21.1 Å². The van der Waals surface area contributed by atoms with E-state index < -0.39 is 16.1 Å². The lowest BCUT2D eigenvalue weighted by molar-refractivity contribution is -0.122. The van der Waals surface area contributed by atoms with Gasteiger partial charge in [0.2, 0.25) is 0 Å². The molecule has 0 aromatic heterocycles. The zero-order valence-corrected chi connectivity index (χ0v) is 18.4. The van der Waals surface area contributed by atoms with Gasteiger partial charge in [-0.15, -0.1) is 0 Å². The Bertz CT molecular complexity index is 1150. The zero-order valence-electron chi connectivity index (χ0n) is 16.8. The molecular weight excluding hydrogens is 440 g/mol. The average Bonchev–Trinajstić information content (AvgIpc) is 2.74. The Kier molecular flexibility index (Phi) is 7.04. The summed E-state index contributed by atoms with van der Waals surface area (Å²) in [4.78, 5) is 12.4. The maximum atomic E-state index is 12.6. The first kappa shape index (κ1) is 22.5. The second-order valence-corrected chi connectivity index (χ2v) is 8.68. The third kappa shape index (κ3) is 6.13. The summed E-state index contributed by atoms with van der Waals surface area (Å²) in [6.07, 6.45) is -0.779. The number of hydrogen-bond donors (Lipinski definition) is 2. The second kappa shape index (κ2) is 9.72. The first-order chi connectivity index (χ1) is 14.8. The Hall–Kier alpha value is -3.23. The summed E-state index contributed by atoms with van der Waals surface area (Å²) in [6, 6.07) is 19.1. The third-order valence-electron chi connectivity index (χ3n) is 4.25. The molecule has 0 aliphatic heterocycles. The van der Waals surface area contributed by atoms with Gasteiger partial charge in [0.05, 0.1) is 12.0 Å². The molecule has 162 valence electrons. The predicted molar refractivity (Wildman–Crippen MR) is 120 cm³/mol. The summed E-state index contributed by atoms with van der Waals surface area (Å²) in [5.74, 6) is 0.713. The molecule has 0 aliphatic rings. The number of carbonyl (C=O) groups is 1. The first-order valence-corrected chi connectivity index (χ1v) is 11.1. The minimum absolute atomic E-state index is 0.0598. The standard InChI is InChI=1S/C22H21ClN2O5S/c1-15(30-20-5-3-4-16(23)14-20)22(26)24-17-8-12-21(13-9-17)31(27,28)25-18-6-10-19(29-2)11-7-18/h3-15,25H,1-2H3,(H,24,26)/t15-/m1/s1. The lowest BCUT2D eigenvalue weighted by Crippen LogP contribution is -2.30. The van der Waals surface area contributed by atoms with E-state index in [1.54, 1.807) is 55.5 Å². The molecule has 0 heterocycles. The van der Waals surface area contributed by atoms with Gasteiger partial charge in [-0.25, -0.2) is 8.42 Å². The SMILES string of the molecule is COc1ccc(NS(=O)(=O)c2ccc(NC(=O)[C@@H](C)Oc3cccc(Cl)c3)cc2)cc1. The fourth-order valence-corrected chi connectivity index (χ4v) is 3.87. The molecule has 3 aromatic rings. The molecule has 0 spiro atoms. The van der Waals surface area contributed by atoms with Crippen LogP contribution in [0.3, 0.4) is 0 Å². The number of anilines is 2. The van der Waals surface area contributed by atoms with Crippen molar-refractivity contribution in [2.75, 3.05) is 17.1 Å². The van der Waals surface area contributed by atoms with Crippen LogP contribution in [0, 0.1) is 0 Å². The van der Waals surface area contributed by atoms with Gasteiger partial charge in [0.1, 0.15) is 11.5 Å². The van der Waals surface area contributed by atoms with E-state index in [0.717, 1.165) is 0 Å². The minimum atomic E-state index is -3.78. The largest absolute Gasteiger partial charge is 0.497 e. The molecule has 2 N–H and O–H groups in total. The maximum absolute atomic E-state index is 12.6. The summed E-state index contributed by atoms with van der Waals surface area (Å²) in [6.45, 7) is 1.61. The van der Waals surface area contributed by atoms with E-state index in [9.17, 15) is 13.2 Å². The van der Waals surface area contributed by atoms with E-state index in [1.165, 1.54) is 31.4 Å². The van der Waals surface area contributed by atoms with Crippen LogP contribution in [0.25, 0.3) is 0 Å². The summed E-state index contributed by atoms with van der Waals surface area (Å²) < 4.78 is 38.3. The van der Waals surface area contributed by atoms with Gasteiger partial charge in [0.25, 0.3) is 15.9 Å². The van der Waals surface area contributed by atoms with E-state index in [1.807, 2.05) is 0 Å². The molecule has 31 heavy (non-hydrogen) atoms. The van der Waals surface area contributed by atoms with E-state index in [0.29, 0.717) is 27.9 Å². The first-order valence-electron chi connectivity index (χ1n) is 9.27.